The van der Waals surface area contributed by atoms with Crippen molar-refractivity contribution in [2.75, 3.05) is 0 Å². The molecule has 0 amide bonds. The van der Waals surface area contributed by atoms with Crippen LogP contribution in [0.15, 0.2) is 16.2 Å². The van der Waals surface area contributed by atoms with E-state index in [0.29, 0.717) is 11.3 Å². The van der Waals surface area contributed by atoms with Gasteiger partial charge in [0.25, 0.3) is 0 Å². The number of nitrogens with two attached hydrogens (primary N) is 1. The Bertz CT molecular complexity index is 240. The molecule has 3 nitrogen and oxygen atoms in total. The molecule has 60 valence electrons. The normalized spacial score (nSPS) is 26.6. The van der Waals surface area contributed by atoms with E-state index in [1.165, 1.54) is 30.7 Å². The molecular weight excluding hydrogens is 158 g/mol. The van der Waals surface area contributed by atoms with Gasteiger partial charge in [-0.05, 0) is 12.8 Å². The largest absolute Gasteiger partial charge is 0.383 e. The van der Waals surface area contributed by atoms with E-state index in [4.69, 9.17) is 5.73 Å². The summed E-state index contributed by atoms with van der Waals surface area (Å²) in [4.78, 5) is 0. The Labute approximate surface area is 70.4 Å². The van der Waals surface area contributed by atoms with E-state index in [0.717, 1.165) is 0 Å². The van der Waals surface area contributed by atoms with E-state index in [1.54, 1.807) is 0 Å². The van der Waals surface area contributed by atoms with Crippen LogP contribution in [0.2, 0.25) is 0 Å². The van der Waals surface area contributed by atoms with Crippen molar-refractivity contribution < 1.29 is 0 Å². The summed E-state index contributed by atoms with van der Waals surface area (Å²) in [5.74, 6) is 0.622. The van der Waals surface area contributed by atoms with E-state index in [2.05, 4.69) is 16.0 Å². The second-order valence-electron chi connectivity index (χ2n) is 3.33. The van der Waals surface area contributed by atoms with Gasteiger partial charge in [0.2, 0.25) is 0 Å². The summed E-state index contributed by atoms with van der Waals surface area (Å²) >= 11 is 1.32. The molecule has 0 bridgehead atoms. The van der Waals surface area contributed by atoms with Gasteiger partial charge >= 0.3 is 0 Å². The van der Waals surface area contributed by atoms with Crippen molar-refractivity contribution in [1.82, 2.24) is 4.72 Å². The first kappa shape index (κ1) is 7.03. The quantitative estimate of drug-likeness (QED) is 0.580. The average Bonchev–Trinajstić information content (AvgIpc) is 2.70. The fraction of sp³-hybridized carbons (Fsp3) is 0.571. The summed E-state index contributed by atoms with van der Waals surface area (Å²) in [6.45, 7) is 2.24. The Hall–Kier alpha value is -0.640. The van der Waals surface area contributed by atoms with Crippen molar-refractivity contribution >= 4 is 18.0 Å². The number of hydrogen-bond acceptors (Lipinski definition) is 4. The van der Waals surface area contributed by atoms with E-state index >= 15 is 0 Å². The van der Waals surface area contributed by atoms with Crippen molar-refractivity contribution in [2.45, 2.75) is 19.8 Å². The molecule has 0 unspecified atom stereocenters. The van der Waals surface area contributed by atoms with Crippen molar-refractivity contribution in [2.24, 2.45) is 15.5 Å². The Morgan fingerprint density at radius 1 is 1.73 bits per heavy atom. The topological polar surface area (TPSA) is 50.4 Å². The molecule has 0 saturated heterocycles. The van der Waals surface area contributed by atoms with Crippen molar-refractivity contribution in [3.63, 3.8) is 0 Å². The van der Waals surface area contributed by atoms with Gasteiger partial charge in [0.05, 0.1) is 12.1 Å². The van der Waals surface area contributed by atoms with Gasteiger partial charge in [0.15, 0.2) is 0 Å². The predicted octanol–water partition coefficient (Wildman–Crippen LogP) is 1.19. The lowest BCUT2D eigenvalue weighted by atomic mass is 10.1. The highest BCUT2D eigenvalue weighted by atomic mass is 32.2. The SMILES string of the molecule is CC1(C2=CC(N)=NSN2)CC1. The number of hydrogen-bond donors (Lipinski definition) is 2. The maximum absolute atomic E-state index is 5.56. The van der Waals surface area contributed by atoms with Gasteiger partial charge in [0.1, 0.15) is 5.84 Å². The number of rotatable bonds is 1. The summed E-state index contributed by atoms with van der Waals surface area (Å²) in [5, 5.41) is 0. The minimum absolute atomic E-state index is 0.369. The zero-order valence-electron chi connectivity index (χ0n) is 6.42. The maximum atomic E-state index is 5.56. The molecule has 0 aromatic carbocycles. The van der Waals surface area contributed by atoms with Gasteiger partial charge in [0, 0.05) is 17.2 Å². The summed E-state index contributed by atoms with van der Waals surface area (Å²) in [7, 11) is 0. The minimum atomic E-state index is 0.369. The molecule has 1 heterocycles. The fourth-order valence-corrected chi connectivity index (χ4v) is 1.69. The molecule has 2 aliphatic rings. The van der Waals surface area contributed by atoms with Crippen LogP contribution in [0, 0.1) is 5.41 Å². The second-order valence-corrected chi connectivity index (χ2v) is 3.90. The first-order valence-electron chi connectivity index (χ1n) is 3.68. The van der Waals surface area contributed by atoms with Crippen molar-refractivity contribution in [3.05, 3.63) is 11.8 Å². The van der Waals surface area contributed by atoms with Gasteiger partial charge in [-0.2, -0.15) is 4.40 Å². The number of amidine groups is 1. The Kier molecular flexibility index (Phi) is 1.39. The molecule has 4 heteroatoms. The lowest BCUT2D eigenvalue weighted by Crippen LogP contribution is -2.21. The molecule has 2 rings (SSSR count). The molecule has 0 aromatic rings. The Balaban J connectivity index is 2.20. The van der Waals surface area contributed by atoms with Crippen LogP contribution < -0.4 is 10.5 Å². The fourth-order valence-electron chi connectivity index (χ4n) is 1.08. The first-order chi connectivity index (χ1) is 5.21. The zero-order chi connectivity index (χ0) is 7.90. The van der Waals surface area contributed by atoms with Crippen LogP contribution in [0.1, 0.15) is 19.8 Å². The first-order valence-corrected chi connectivity index (χ1v) is 4.46. The molecule has 0 aromatic heterocycles. The zero-order valence-corrected chi connectivity index (χ0v) is 7.24. The third-order valence-electron chi connectivity index (χ3n) is 2.25. The third-order valence-corrected chi connectivity index (χ3v) is 2.86. The molecule has 1 fully saturated rings. The van der Waals surface area contributed by atoms with E-state index < -0.39 is 0 Å². The maximum Gasteiger partial charge on any atom is 0.135 e. The average molecular weight is 169 g/mol. The highest BCUT2D eigenvalue weighted by molar-refractivity contribution is 7.96. The summed E-state index contributed by atoms with van der Waals surface area (Å²) < 4.78 is 7.11. The van der Waals surface area contributed by atoms with Crippen LogP contribution in [-0.4, -0.2) is 5.84 Å². The molecule has 1 aliphatic heterocycles. The number of allylic oxidation sites excluding steroid dienone is 1. The molecule has 0 atom stereocenters. The highest BCUT2D eigenvalue weighted by Gasteiger charge is 2.41. The van der Waals surface area contributed by atoms with Crippen LogP contribution in [0.5, 0.6) is 0 Å². The van der Waals surface area contributed by atoms with Crippen LogP contribution in [0.25, 0.3) is 0 Å². The number of nitrogens with zero attached hydrogens (tertiary/aromatic N) is 1. The standard InChI is InChI=1S/C7H11N3S/c1-7(2-3-7)5-4-6(8)10-11-9-5/h4,9H,2-3H2,1H3,(H2,8,10). The molecule has 11 heavy (non-hydrogen) atoms. The second kappa shape index (κ2) is 2.17. The lowest BCUT2D eigenvalue weighted by molar-refractivity contribution is 0.663. The van der Waals surface area contributed by atoms with Crippen LogP contribution in [-0.2, 0) is 0 Å². The highest BCUT2D eigenvalue weighted by Crippen LogP contribution is 2.51. The molecule has 0 spiro atoms. The molecule has 0 radical (unpaired) electrons. The molecule has 1 saturated carbocycles. The van der Waals surface area contributed by atoms with E-state index in [9.17, 15) is 0 Å². The third kappa shape index (κ3) is 1.22. The summed E-state index contributed by atoms with van der Waals surface area (Å²) in [6.07, 6.45) is 4.46. The van der Waals surface area contributed by atoms with Gasteiger partial charge in [-0.1, -0.05) is 6.92 Å². The Morgan fingerprint density at radius 3 is 3.00 bits per heavy atom. The van der Waals surface area contributed by atoms with Gasteiger partial charge in [-0.15, -0.1) is 0 Å². The van der Waals surface area contributed by atoms with Crippen molar-refractivity contribution in [3.8, 4) is 0 Å². The lowest BCUT2D eigenvalue weighted by Gasteiger charge is -2.17. The van der Waals surface area contributed by atoms with Gasteiger partial charge in [-0.25, -0.2) is 0 Å². The van der Waals surface area contributed by atoms with E-state index in [1.807, 2.05) is 6.08 Å². The Morgan fingerprint density at radius 2 is 2.45 bits per heavy atom. The van der Waals surface area contributed by atoms with E-state index in [-0.39, 0.29) is 0 Å². The summed E-state index contributed by atoms with van der Waals surface area (Å²) in [5.41, 5.74) is 7.16. The van der Waals surface area contributed by atoms with Crippen LogP contribution in [0.4, 0.5) is 0 Å². The molecule has 3 N–H and O–H groups in total. The summed E-state index contributed by atoms with van der Waals surface area (Å²) in [6, 6.07) is 0. The molecular formula is C7H11N3S. The smallest absolute Gasteiger partial charge is 0.135 e. The van der Waals surface area contributed by atoms with Gasteiger partial charge < -0.3 is 10.5 Å². The van der Waals surface area contributed by atoms with Crippen LogP contribution >= 0.6 is 12.1 Å². The number of nitrogens with one attached hydrogen (secondary N) is 1. The van der Waals surface area contributed by atoms with Crippen molar-refractivity contribution in [1.29, 1.82) is 0 Å². The van der Waals surface area contributed by atoms with Gasteiger partial charge in [-0.3, -0.25) is 0 Å². The van der Waals surface area contributed by atoms with Crippen LogP contribution in [0.3, 0.4) is 0 Å². The molecule has 1 aliphatic carbocycles. The monoisotopic (exact) mass is 169 g/mol. The predicted molar refractivity (Wildman–Crippen MR) is 47.8 cm³/mol. The minimum Gasteiger partial charge on any atom is -0.383 e.